The number of nitrogens with zero attached hydrogens (tertiary/aromatic N) is 1. The smallest absolute Gasteiger partial charge is 0.258 e. The SMILES string of the molecule is CCN(C(=O)c1cc(OC)cc(OC)c1)c1ccc(F)cc1. The molecule has 0 fully saturated rings. The van der Waals surface area contributed by atoms with Gasteiger partial charge in [0, 0.05) is 23.9 Å². The number of hydrogen-bond acceptors (Lipinski definition) is 3. The zero-order valence-corrected chi connectivity index (χ0v) is 12.8. The Morgan fingerprint density at radius 3 is 2.05 bits per heavy atom. The summed E-state index contributed by atoms with van der Waals surface area (Å²) in [6, 6.07) is 10.8. The first-order valence-electron chi connectivity index (χ1n) is 6.89. The van der Waals surface area contributed by atoms with E-state index in [1.165, 1.54) is 26.4 Å². The summed E-state index contributed by atoms with van der Waals surface area (Å²) in [6.07, 6.45) is 0. The molecule has 22 heavy (non-hydrogen) atoms. The van der Waals surface area contributed by atoms with Crippen molar-refractivity contribution in [1.82, 2.24) is 0 Å². The summed E-state index contributed by atoms with van der Waals surface area (Å²) in [4.78, 5) is 14.3. The third-order valence-corrected chi connectivity index (χ3v) is 3.30. The third kappa shape index (κ3) is 3.36. The van der Waals surface area contributed by atoms with E-state index >= 15 is 0 Å². The van der Waals surface area contributed by atoms with Crippen molar-refractivity contribution < 1.29 is 18.7 Å². The molecule has 0 aliphatic heterocycles. The number of carbonyl (C=O) groups is 1. The molecule has 5 heteroatoms. The van der Waals surface area contributed by atoms with Crippen LogP contribution in [-0.4, -0.2) is 26.7 Å². The van der Waals surface area contributed by atoms with Crippen LogP contribution in [-0.2, 0) is 0 Å². The fourth-order valence-electron chi connectivity index (χ4n) is 2.15. The molecule has 1 amide bonds. The van der Waals surface area contributed by atoms with E-state index in [2.05, 4.69) is 0 Å². The van der Waals surface area contributed by atoms with E-state index in [1.54, 1.807) is 35.2 Å². The Morgan fingerprint density at radius 1 is 1.05 bits per heavy atom. The molecule has 0 atom stereocenters. The van der Waals surface area contributed by atoms with Gasteiger partial charge in [0.15, 0.2) is 0 Å². The van der Waals surface area contributed by atoms with Crippen LogP contribution in [0.5, 0.6) is 11.5 Å². The average molecular weight is 303 g/mol. The number of halogens is 1. The maximum Gasteiger partial charge on any atom is 0.258 e. The van der Waals surface area contributed by atoms with Gasteiger partial charge in [0.1, 0.15) is 17.3 Å². The van der Waals surface area contributed by atoms with Crippen LogP contribution in [0.4, 0.5) is 10.1 Å². The molecule has 0 saturated carbocycles. The number of hydrogen-bond donors (Lipinski definition) is 0. The highest BCUT2D eigenvalue weighted by molar-refractivity contribution is 6.06. The second-order valence-electron chi connectivity index (χ2n) is 4.63. The van der Waals surface area contributed by atoms with Crippen LogP contribution in [0.3, 0.4) is 0 Å². The molecule has 0 heterocycles. The van der Waals surface area contributed by atoms with Crippen LogP contribution in [0.2, 0.25) is 0 Å². The van der Waals surface area contributed by atoms with Gasteiger partial charge < -0.3 is 14.4 Å². The van der Waals surface area contributed by atoms with Gasteiger partial charge in [0.05, 0.1) is 14.2 Å². The monoisotopic (exact) mass is 303 g/mol. The van der Waals surface area contributed by atoms with Gasteiger partial charge >= 0.3 is 0 Å². The van der Waals surface area contributed by atoms with Crippen molar-refractivity contribution in [3.05, 3.63) is 53.8 Å². The normalized spacial score (nSPS) is 10.2. The van der Waals surface area contributed by atoms with Crippen molar-refractivity contribution >= 4 is 11.6 Å². The molecule has 4 nitrogen and oxygen atoms in total. The van der Waals surface area contributed by atoms with Crippen molar-refractivity contribution in [3.8, 4) is 11.5 Å². The van der Waals surface area contributed by atoms with Crippen molar-refractivity contribution in [2.75, 3.05) is 25.7 Å². The lowest BCUT2D eigenvalue weighted by atomic mass is 10.1. The first kappa shape index (κ1) is 15.8. The van der Waals surface area contributed by atoms with Crippen molar-refractivity contribution in [1.29, 1.82) is 0 Å². The zero-order valence-electron chi connectivity index (χ0n) is 12.8. The topological polar surface area (TPSA) is 38.8 Å². The zero-order chi connectivity index (χ0) is 16.1. The lowest BCUT2D eigenvalue weighted by molar-refractivity contribution is 0.0987. The van der Waals surface area contributed by atoms with Crippen LogP contribution >= 0.6 is 0 Å². The predicted molar refractivity (Wildman–Crippen MR) is 83.3 cm³/mol. The number of carbonyl (C=O) groups excluding carboxylic acids is 1. The Kier molecular flexibility index (Phi) is 4.99. The van der Waals surface area contributed by atoms with Crippen LogP contribution in [0.25, 0.3) is 0 Å². The van der Waals surface area contributed by atoms with Crippen molar-refractivity contribution in [3.63, 3.8) is 0 Å². The molecule has 116 valence electrons. The van der Waals surface area contributed by atoms with E-state index in [-0.39, 0.29) is 11.7 Å². The predicted octanol–water partition coefficient (Wildman–Crippen LogP) is 3.51. The van der Waals surface area contributed by atoms with Gasteiger partial charge in [0.2, 0.25) is 0 Å². The van der Waals surface area contributed by atoms with E-state index in [4.69, 9.17) is 9.47 Å². The Hall–Kier alpha value is -2.56. The molecule has 0 spiro atoms. The number of benzene rings is 2. The van der Waals surface area contributed by atoms with Crippen LogP contribution < -0.4 is 14.4 Å². The van der Waals surface area contributed by atoms with Crippen LogP contribution in [0, 0.1) is 5.82 Å². The number of anilines is 1. The van der Waals surface area contributed by atoms with Gasteiger partial charge in [-0.2, -0.15) is 0 Å². The second-order valence-corrected chi connectivity index (χ2v) is 4.63. The Morgan fingerprint density at radius 2 is 1.59 bits per heavy atom. The maximum atomic E-state index is 13.0. The summed E-state index contributed by atoms with van der Waals surface area (Å²) in [7, 11) is 3.06. The summed E-state index contributed by atoms with van der Waals surface area (Å²) in [5.41, 5.74) is 1.08. The number of methoxy groups -OCH3 is 2. The van der Waals surface area contributed by atoms with Crippen molar-refractivity contribution in [2.45, 2.75) is 6.92 Å². The lowest BCUT2D eigenvalue weighted by Gasteiger charge is -2.21. The van der Waals surface area contributed by atoms with E-state index in [0.29, 0.717) is 29.3 Å². The molecule has 0 radical (unpaired) electrons. The van der Waals surface area contributed by atoms with E-state index in [1.807, 2.05) is 6.92 Å². The molecule has 2 aromatic carbocycles. The van der Waals surface area contributed by atoms with Gasteiger partial charge in [-0.3, -0.25) is 4.79 Å². The number of rotatable bonds is 5. The van der Waals surface area contributed by atoms with E-state index in [0.717, 1.165) is 0 Å². The Balaban J connectivity index is 2.37. The molecule has 0 aliphatic rings. The van der Waals surface area contributed by atoms with Gasteiger partial charge in [0.25, 0.3) is 5.91 Å². The third-order valence-electron chi connectivity index (χ3n) is 3.30. The minimum Gasteiger partial charge on any atom is -0.497 e. The minimum absolute atomic E-state index is 0.202. The quantitative estimate of drug-likeness (QED) is 0.848. The first-order valence-corrected chi connectivity index (χ1v) is 6.89. The molecule has 0 N–H and O–H groups in total. The second kappa shape index (κ2) is 6.93. The van der Waals surface area contributed by atoms with Gasteiger partial charge in [-0.15, -0.1) is 0 Å². The Labute approximate surface area is 129 Å². The fraction of sp³-hybridized carbons (Fsp3) is 0.235. The highest BCUT2D eigenvalue weighted by atomic mass is 19.1. The summed E-state index contributed by atoms with van der Waals surface area (Å²) < 4.78 is 23.4. The largest absolute Gasteiger partial charge is 0.497 e. The van der Waals surface area contributed by atoms with Crippen LogP contribution in [0.1, 0.15) is 17.3 Å². The number of amides is 1. The average Bonchev–Trinajstić information content (AvgIpc) is 2.56. The lowest BCUT2D eigenvalue weighted by Crippen LogP contribution is -2.30. The molecule has 0 unspecified atom stereocenters. The van der Waals surface area contributed by atoms with Gasteiger partial charge in [-0.25, -0.2) is 4.39 Å². The fourth-order valence-corrected chi connectivity index (χ4v) is 2.15. The maximum absolute atomic E-state index is 13.0. The standard InChI is InChI=1S/C17H18FNO3/c1-4-19(14-7-5-13(18)6-8-14)17(20)12-9-15(21-2)11-16(10-12)22-3/h5-11H,4H2,1-3H3. The highest BCUT2D eigenvalue weighted by Crippen LogP contribution is 2.25. The summed E-state index contributed by atoms with van der Waals surface area (Å²) in [5, 5.41) is 0. The van der Waals surface area contributed by atoms with Gasteiger partial charge in [-0.05, 0) is 43.3 Å². The molecule has 2 aromatic rings. The van der Waals surface area contributed by atoms with Crippen LogP contribution in [0.15, 0.2) is 42.5 Å². The molecule has 0 bridgehead atoms. The first-order chi connectivity index (χ1) is 10.6. The van der Waals surface area contributed by atoms with E-state index in [9.17, 15) is 9.18 Å². The summed E-state index contributed by atoms with van der Waals surface area (Å²) in [6.45, 7) is 2.32. The minimum atomic E-state index is -0.338. The summed E-state index contributed by atoms with van der Waals surface area (Å²) in [5.74, 6) is 0.539. The molecular weight excluding hydrogens is 285 g/mol. The molecule has 0 saturated heterocycles. The molecule has 0 aliphatic carbocycles. The van der Waals surface area contributed by atoms with Crippen molar-refractivity contribution in [2.24, 2.45) is 0 Å². The summed E-state index contributed by atoms with van der Waals surface area (Å²) >= 11 is 0. The van der Waals surface area contributed by atoms with E-state index < -0.39 is 0 Å². The molecule has 0 aromatic heterocycles. The van der Waals surface area contributed by atoms with Gasteiger partial charge in [-0.1, -0.05) is 0 Å². The Bertz CT molecular complexity index is 633. The number of ether oxygens (including phenoxy) is 2. The molecular formula is C17H18FNO3. The molecule has 2 rings (SSSR count). The highest BCUT2D eigenvalue weighted by Gasteiger charge is 2.18.